The number of methoxy groups -OCH3 is 2. The molecule has 0 saturated heterocycles. The third kappa shape index (κ3) is 11.4. The van der Waals surface area contributed by atoms with Crippen molar-refractivity contribution in [2.24, 2.45) is 0 Å². The van der Waals surface area contributed by atoms with Gasteiger partial charge in [0.1, 0.15) is 6.61 Å². The second-order valence-corrected chi connectivity index (χ2v) is 6.87. The van der Waals surface area contributed by atoms with Crippen LogP contribution in [0.15, 0.2) is 30.5 Å². The molecule has 0 heterocycles. The molecule has 0 aromatic heterocycles. The van der Waals surface area contributed by atoms with Gasteiger partial charge in [0.05, 0.1) is 58.6 Å². The normalized spacial score (nSPS) is 14.0. The summed E-state index contributed by atoms with van der Waals surface area (Å²) in [5.41, 5.74) is 3.47. The van der Waals surface area contributed by atoms with Gasteiger partial charge in [-0.2, -0.15) is 0 Å². The maximum Gasteiger partial charge on any atom is 0.111 e. The van der Waals surface area contributed by atoms with Crippen LogP contribution in [0.25, 0.3) is 5.57 Å². The summed E-state index contributed by atoms with van der Waals surface area (Å²) in [6.07, 6.45) is 1.90. The van der Waals surface area contributed by atoms with Crippen LogP contribution in [0.5, 0.6) is 0 Å². The first-order valence-corrected chi connectivity index (χ1v) is 10.2. The minimum absolute atomic E-state index is 0.116. The third-order valence-corrected chi connectivity index (χ3v) is 4.67. The minimum Gasteiger partial charge on any atom is -0.498 e. The Kier molecular flexibility index (Phi) is 14.4. The van der Waals surface area contributed by atoms with Gasteiger partial charge in [-0.3, -0.25) is 0 Å². The van der Waals surface area contributed by atoms with E-state index in [-0.39, 0.29) is 6.10 Å². The second kappa shape index (κ2) is 16.4. The largest absolute Gasteiger partial charge is 0.498 e. The molecule has 1 aromatic carbocycles. The van der Waals surface area contributed by atoms with Gasteiger partial charge >= 0.3 is 0 Å². The van der Waals surface area contributed by atoms with Gasteiger partial charge in [0, 0.05) is 20.1 Å². The van der Waals surface area contributed by atoms with Crippen LogP contribution >= 0.6 is 0 Å². The fourth-order valence-electron chi connectivity index (χ4n) is 2.61. The molecule has 0 aliphatic carbocycles. The molecule has 0 amide bonds. The summed E-state index contributed by atoms with van der Waals surface area (Å²) in [5, 5.41) is 0. The van der Waals surface area contributed by atoms with E-state index in [0.29, 0.717) is 58.8 Å². The molecule has 2 atom stereocenters. The van der Waals surface area contributed by atoms with Crippen LogP contribution in [0.2, 0.25) is 0 Å². The topological polar surface area (TPSA) is 55.4 Å². The van der Waals surface area contributed by atoms with Gasteiger partial charge < -0.3 is 28.4 Å². The SMILES string of the molecule is COCCOCCO/C=C(\C)c1ccc(C(C)C(C)OCCOCCOC)cc1. The highest BCUT2D eigenvalue weighted by Gasteiger charge is 2.15. The van der Waals surface area contributed by atoms with Gasteiger partial charge in [0.15, 0.2) is 0 Å². The third-order valence-electron chi connectivity index (χ3n) is 4.67. The summed E-state index contributed by atoms with van der Waals surface area (Å²) >= 11 is 0. The quantitative estimate of drug-likeness (QED) is 0.287. The molecule has 29 heavy (non-hydrogen) atoms. The summed E-state index contributed by atoms with van der Waals surface area (Å²) in [6.45, 7) is 11.0. The van der Waals surface area contributed by atoms with E-state index in [1.54, 1.807) is 20.5 Å². The molecular weight excluding hydrogens is 372 g/mol. The van der Waals surface area contributed by atoms with Crippen molar-refractivity contribution in [3.05, 3.63) is 41.7 Å². The van der Waals surface area contributed by atoms with Crippen molar-refractivity contribution in [1.29, 1.82) is 0 Å². The van der Waals surface area contributed by atoms with Crippen molar-refractivity contribution in [1.82, 2.24) is 0 Å². The summed E-state index contributed by atoms with van der Waals surface area (Å²) in [7, 11) is 3.33. The minimum atomic E-state index is 0.116. The van der Waals surface area contributed by atoms with Gasteiger partial charge in [-0.15, -0.1) is 0 Å². The fraction of sp³-hybridized carbons (Fsp3) is 0.652. The Labute approximate surface area is 176 Å². The van der Waals surface area contributed by atoms with Crippen molar-refractivity contribution in [3.8, 4) is 0 Å². The van der Waals surface area contributed by atoms with Crippen molar-refractivity contribution >= 4 is 5.57 Å². The second-order valence-electron chi connectivity index (χ2n) is 6.87. The number of rotatable bonds is 17. The fourth-order valence-corrected chi connectivity index (χ4v) is 2.61. The van der Waals surface area contributed by atoms with E-state index in [9.17, 15) is 0 Å². The Bertz CT molecular complexity index is 543. The average molecular weight is 411 g/mol. The smallest absolute Gasteiger partial charge is 0.111 e. The van der Waals surface area contributed by atoms with E-state index in [1.165, 1.54) is 5.56 Å². The van der Waals surface area contributed by atoms with Gasteiger partial charge in [-0.05, 0) is 30.5 Å². The molecule has 6 heteroatoms. The van der Waals surface area contributed by atoms with Crippen LogP contribution in [0.4, 0.5) is 0 Å². The lowest BCUT2D eigenvalue weighted by atomic mass is 9.94. The summed E-state index contributed by atoms with van der Waals surface area (Å²) in [4.78, 5) is 0. The molecule has 0 saturated carbocycles. The Hall–Kier alpha value is -1.44. The van der Waals surface area contributed by atoms with Crippen molar-refractivity contribution in [3.63, 3.8) is 0 Å². The van der Waals surface area contributed by atoms with Gasteiger partial charge in [-0.25, -0.2) is 0 Å². The van der Waals surface area contributed by atoms with E-state index < -0.39 is 0 Å². The first-order chi connectivity index (χ1) is 14.1. The molecule has 0 spiro atoms. The van der Waals surface area contributed by atoms with Gasteiger partial charge in [0.25, 0.3) is 0 Å². The lowest BCUT2D eigenvalue weighted by molar-refractivity contribution is -0.00717. The van der Waals surface area contributed by atoms with E-state index in [1.807, 2.05) is 6.92 Å². The van der Waals surface area contributed by atoms with Crippen LogP contribution in [0, 0.1) is 0 Å². The molecule has 2 unspecified atom stereocenters. The maximum absolute atomic E-state index is 5.90. The highest BCUT2D eigenvalue weighted by atomic mass is 16.5. The summed E-state index contributed by atoms with van der Waals surface area (Å²) < 4.78 is 32.1. The van der Waals surface area contributed by atoms with Crippen LogP contribution in [-0.4, -0.2) is 73.2 Å². The standard InChI is InChI=1S/C23H38O6/c1-19(18-28-15-14-26-12-10-24-4)22-6-8-23(9-7-22)20(2)21(3)29-17-16-27-13-11-25-5/h6-9,18,20-21H,10-17H2,1-5H3/b19-18+. The molecule has 0 radical (unpaired) electrons. The Morgan fingerprint density at radius 1 is 0.793 bits per heavy atom. The Balaban J connectivity index is 2.36. The number of ether oxygens (including phenoxy) is 6. The molecular formula is C23H38O6. The predicted molar refractivity (Wildman–Crippen MR) is 115 cm³/mol. The van der Waals surface area contributed by atoms with Crippen LogP contribution in [-0.2, 0) is 28.4 Å². The van der Waals surface area contributed by atoms with E-state index >= 15 is 0 Å². The van der Waals surface area contributed by atoms with E-state index in [4.69, 9.17) is 28.4 Å². The molecule has 166 valence electrons. The first-order valence-electron chi connectivity index (χ1n) is 10.2. The Morgan fingerprint density at radius 3 is 1.93 bits per heavy atom. The highest BCUT2D eigenvalue weighted by Crippen LogP contribution is 2.23. The van der Waals surface area contributed by atoms with Gasteiger partial charge in [-0.1, -0.05) is 31.2 Å². The zero-order chi connectivity index (χ0) is 21.3. The molecule has 0 N–H and O–H groups in total. The maximum atomic E-state index is 5.90. The molecule has 6 nitrogen and oxygen atoms in total. The zero-order valence-electron chi connectivity index (χ0n) is 18.6. The van der Waals surface area contributed by atoms with Crippen LogP contribution in [0.3, 0.4) is 0 Å². The molecule has 0 aliphatic heterocycles. The zero-order valence-corrected chi connectivity index (χ0v) is 18.6. The highest BCUT2D eigenvalue weighted by molar-refractivity contribution is 5.62. The van der Waals surface area contributed by atoms with Crippen molar-refractivity contribution in [2.75, 3.05) is 67.1 Å². The monoisotopic (exact) mass is 410 g/mol. The van der Waals surface area contributed by atoms with E-state index in [2.05, 4.69) is 38.1 Å². The lowest BCUT2D eigenvalue weighted by Gasteiger charge is -2.21. The van der Waals surface area contributed by atoms with E-state index in [0.717, 1.165) is 11.1 Å². The Morgan fingerprint density at radius 2 is 1.34 bits per heavy atom. The van der Waals surface area contributed by atoms with Crippen molar-refractivity contribution in [2.45, 2.75) is 32.8 Å². The molecule has 1 aromatic rings. The summed E-state index contributed by atoms with van der Waals surface area (Å²) in [5.74, 6) is 0.299. The van der Waals surface area contributed by atoms with Gasteiger partial charge in [0.2, 0.25) is 0 Å². The van der Waals surface area contributed by atoms with Crippen LogP contribution < -0.4 is 0 Å². The summed E-state index contributed by atoms with van der Waals surface area (Å²) in [6, 6.07) is 8.55. The molecule has 1 rings (SSSR count). The number of allylic oxidation sites excluding steroid dienone is 1. The van der Waals surface area contributed by atoms with Crippen molar-refractivity contribution < 1.29 is 28.4 Å². The molecule has 0 fully saturated rings. The first kappa shape index (κ1) is 25.6. The molecule has 0 aliphatic rings. The number of hydrogen-bond donors (Lipinski definition) is 0. The van der Waals surface area contributed by atoms with Crippen LogP contribution in [0.1, 0.15) is 37.8 Å². The number of hydrogen-bond acceptors (Lipinski definition) is 6. The average Bonchev–Trinajstić information content (AvgIpc) is 2.74. The lowest BCUT2D eigenvalue weighted by Crippen LogP contribution is -2.19. The number of benzene rings is 1. The molecule has 0 bridgehead atoms. The predicted octanol–water partition coefficient (Wildman–Crippen LogP) is 3.90.